The molecule has 10 heteroatoms. The lowest BCUT2D eigenvalue weighted by molar-refractivity contribution is -0.137. The molecule has 22 heavy (non-hydrogen) atoms. The summed E-state index contributed by atoms with van der Waals surface area (Å²) in [6, 6.07) is 0. The van der Waals surface area contributed by atoms with Gasteiger partial charge in [0.15, 0.2) is 0 Å². The molecule has 6 nitrogen and oxygen atoms in total. The normalized spacial score (nSPS) is 11.5. The van der Waals surface area contributed by atoms with Crippen molar-refractivity contribution in [3.05, 3.63) is 23.7 Å². The zero-order chi connectivity index (χ0) is 16.3. The predicted molar refractivity (Wildman–Crippen MR) is 72.8 cm³/mol. The van der Waals surface area contributed by atoms with Crippen LogP contribution in [0.4, 0.5) is 35.0 Å². The number of nitrogens with zero attached hydrogens (tertiary/aromatic N) is 4. The molecular weight excluding hydrogens is 304 g/mol. The Morgan fingerprint density at radius 3 is 2.64 bits per heavy atom. The maximum atomic E-state index is 12.8. The average Bonchev–Trinajstić information content (AvgIpc) is 2.78. The quantitative estimate of drug-likeness (QED) is 0.830. The van der Waals surface area contributed by atoms with Crippen LogP contribution in [-0.4, -0.2) is 33.5 Å². The van der Waals surface area contributed by atoms with Gasteiger partial charge in [-0.25, -0.2) is 9.37 Å². The first-order valence-corrected chi connectivity index (χ1v) is 6.34. The molecule has 0 aliphatic heterocycles. The molecule has 0 atom stereocenters. The van der Waals surface area contributed by atoms with Crippen molar-refractivity contribution < 1.29 is 17.6 Å². The van der Waals surface area contributed by atoms with E-state index in [-0.39, 0.29) is 18.3 Å². The van der Waals surface area contributed by atoms with E-state index in [0.29, 0.717) is 17.6 Å². The third-order valence-corrected chi connectivity index (χ3v) is 2.84. The van der Waals surface area contributed by atoms with Gasteiger partial charge in [-0.3, -0.25) is 4.68 Å². The first-order chi connectivity index (χ1) is 10.3. The Morgan fingerprint density at radius 2 is 2.05 bits per heavy atom. The molecule has 0 unspecified atom stereocenters. The van der Waals surface area contributed by atoms with E-state index in [1.165, 1.54) is 17.9 Å². The Labute approximate surface area is 123 Å². The van der Waals surface area contributed by atoms with Gasteiger partial charge in [0, 0.05) is 19.4 Å². The van der Waals surface area contributed by atoms with Gasteiger partial charge in [0.05, 0.1) is 17.9 Å². The molecule has 2 aromatic rings. The standard InChI is InChI=1S/C12H14F4N6/c1-7-9(6-22(21-7)4-3-13)19-11-18-5-8(12(14,15)16)10(17-2)20-11/h5-6H,3-4H2,1-2H3,(H2,17,18,19,20). The van der Waals surface area contributed by atoms with Gasteiger partial charge < -0.3 is 10.6 Å². The molecule has 0 bridgehead atoms. The fraction of sp³-hybridized carbons (Fsp3) is 0.417. The second-order valence-corrected chi connectivity index (χ2v) is 4.41. The maximum Gasteiger partial charge on any atom is 0.421 e. The monoisotopic (exact) mass is 318 g/mol. The van der Waals surface area contributed by atoms with E-state index < -0.39 is 18.4 Å². The van der Waals surface area contributed by atoms with Gasteiger partial charge in [0.1, 0.15) is 18.1 Å². The van der Waals surface area contributed by atoms with Crippen molar-refractivity contribution in [2.45, 2.75) is 19.6 Å². The highest BCUT2D eigenvalue weighted by Crippen LogP contribution is 2.33. The number of aromatic nitrogens is 4. The van der Waals surface area contributed by atoms with E-state index in [1.807, 2.05) is 0 Å². The summed E-state index contributed by atoms with van der Waals surface area (Å²) in [4.78, 5) is 7.44. The van der Waals surface area contributed by atoms with Gasteiger partial charge in [-0.2, -0.15) is 23.3 Å². The van der Waals surface area contributed by atoms with Crippen LogP contribution in [0.2, 0.25) is 0 Å². The first-order valence-electron chi connectivity index (χ1n) is 6.34. The number of nitrogens with one attached hydrogen (secondary N) is 2. The number of alkyl halides is 4. The Kier molecular flexibility index (Phi) is 4.48. The number of halogens is 4. The maximum absolute atomic E-state index is 12.8. The largest absolute Gasteiger partial charge is 0.421 e. The van der Waals surface area contributed by atoms with Gasteiger partial charge in [0.25, 0.3) is 0 Å². The SMILES string of the molecule is CNc1nc(Nc2cn(CCF)nc2C)ncc1C(F)(F)F. The molecule has 0 aromatic carbocycles. The summed E-state index contributed by atoms with van der Waals surface area (Å²) in [7, 11) is 1.34. The molecule has 0 saturated carbocycles. The number of aryl methyl sites for hydroxylation is 2. The molecule has 0 amide bonds. The van der Waals surface area contributed by atoms with Crippen molar-refractivity contribution in [3.63, 3.8) is 0 Å². The molecule has 0 radical (unpaired) electrons. The topological polar surface area (TPSA) is 67.7 Å². The van der Waals surface area contributed by atoms with E-state index in [1.54, 1.807) is 6.92 Å². The number of anilines is 3. The summed E-state index contributed by atoms with van der Waals surface area (Å²) in [6.07, 6.45) is -2.31. The molecule has 0 fully saturated rings. The highest BCUT2D eigenvalue weighted by molar-refractivity contribution is 5.57. The fourth-order valence-corrected chi connectivity index (χ4v) is 1.80. The Morgan fingerprint density at radius 1 is 1.32 bits per heavy atom. The summed E-state index contributed by atoms with van der Waals surface area (Å²) in [5.41, 5.74) is 0.101. The van der Waals surface area contributed by atoms with Crippen molar-refractivity contribution in [1.29, 1.82) is 0 Å². The molecule has 0 spiro atoms. The molecule has 2 rings (SSSR count). The molecule has 2 N–H and O–H groups in total. The lowest BCUT2D eigenvalue weighted by Crippen LogP contribution is -2.12. The smallest absolute Gasteiger partial charge is 0.372 e. The summed E-state index contributed by atoms with van der Waals surface area (Å²) in [6.45, 7) is 1.21. The fourth-order valence-electron chi connectivity index (χ4n) is 1.80. The van der Waals surface area contributed by atoms with E-state index >= 15 is 0 Å². The molecule has 120 valence electrons. The Bertz CT molecular complexity index is 652. The summed E-state index contributed by atoms with van der Waals surface area (Å²) < 4.78 is 51.9. The molecular formula is C12H14F4N6. The van der Waals surface area contributed by atoms with Gasteiger partial charge in [0.2, 0.25) is 5.95 Å². The minimum Gasteiger partial charge on any atom is -0.372 e. The molecule has 0 aliphatic carbocycles. The van der Waals surface area contributed by atoms with Gasteiger partial charge in [-0.05, 0) is 6.92 Å². The minimum absolute atomic E-state index is 0.0137. The zero-order valence-electron chi connectivity index (χ0n) is 11.9. The molecule has 2 aromatic heterocycles. The van der Waals surface area contributed by atoms with Crippen molar-refractivity contribution in [1.82, 2.24) is 19.7 Å². The van der Waals surface area contributed by atoms with Crippen LogP contribution in [0.1, 0.15) is 11.3 Å². The predicted octanol–water partition coefficient (Wildman–Crippen LogP) is 2.76. The van der Waals surface area contributed by atoms with E-state index in [2.05, 4.69) is 25.7 Å². The summed E-state index contributed by atoms with van der Waals surface area (Å²) in [5, 5.41) is 9.21. The molecule has 2 heterocycles. The van der Waals surface area contributed by atoms with Crippen molar-refractivity contribution >= 4 is 17.5 Å². The van der Waals surface area contributed by atoms with Crippen LogP contribution in [-0.2, 0) is 12.7 Å². The van der Waals surface area contributed by atoms with Crippen LogP contribution in [0.3, 0.4) is 0 Å². The van der Waals surface area contributed by atoms with Gasteiger partial charge >= 0.3 is 6.18 Å². The number of hydrogen-bond acceptors (Lipinski definition) is 5. The second-order valence-electron chi connectivity index (χ2n) is 4.41. The summed E-state index contributed by atoms with van der Waals surface area (Å²) >= 11 is 0. The van der Waals surface area contributed by atoms with Gasteiger partial charge in [-0.1, -0.05) is 0 Å². The first kappa shape index (κ1) is 16.0. The number of hydrogen-bond donors (Lipinski definition) is 2. The van der Waals surface area contributed by atoms with Crippen LogP contribution < -0.4 is 10.6 Å². The van der Waals surface area contributed by atoms with Crippen molar-refractivity contribution in [3.8, 4) is 0 Å². The average molecular weight is 318 g/mol. The van der Waals surface area contributed by atoms with Gasteiger partial charge in [-0.15, -0.1) is 0 Å². The van der Waals surface area contributed by atoms with Crippen LogP contribution in [0.5, 0.6) is 0 Å². The lowest BCUT2D eigenvalue weighted by atomic mass is 10.3. The van der Waals surface area contributed by atoms with E-state index in [9.17, 15) is 17.6 Å². The Balaban J connectivity index is 2.27. The number of rotatable bonds is 5. The van der Waals surface area contributed by atoms with E-state index in [0.717, 1.165) is 0 Å². The van der Waals surface area contributed by atoms with Crippen LogP contribution in [0.25, 0.3) is 0 Å². The van der Waals surface area contributed by atoms with E-state index in [4.69, 9.17) is 0 Å². The third-order valence-electron chi connectivity index (χ3n) is 2.84. The molecule has 0 saturated heterocycles. The van der Waals surface area contributed by atoms with Crippen molar-refractivity contribution in [2.75, 3.05) is 24.4 Å². The van der Waals surface area contributed by atoms with Crippen LogP contribution >= 0.6 is 0 Å². The van der Waals surface area contributed by atoms with Crippen molar-refractivity contribution in [2.24, 2.45) is 0 Å². The third kappa shape index (κ3) is 3.43. The highest BCUT2D eigenvalue weighted by Gasteiger charge is 2.35. The van der Waals surface area contributed by atoms with Crippen LogP contribution in [0, 0.1) is 6.92 Å². The lowest BCUT2D eigenvalue weighted by Gasteiger charge is -2.12. The Hall–Kier alpha value is -2.39. The minimum atomic E-state index is -4.54. The van der Waals surface area contributed by atoms with Crippen LogP contribution in [0.15, 0.2) is 12.4 Å². The zero-order valence-corrected chi connectivity index (χ0v) is 11.9. The summed E-state index contributed by atoms with van der Waals surface area (Å²) in [5.74, 6) is -0.348. The molecule has 0 aliphatic rings. The highest BCUT2D eigenvalue weighted by atomic mass is 19.4. The second kappa shape index (κ2) is 6.16.